The Bertz CT molecular complexity index is 333. The zero-order chi connectivity index (χ0) is 13.4. The van der Waals surface area contributed by atoms with E-state index in [1.807, 2.05) is 11.8 Å². The zero-order valence-corrected chi connectivity index (χ0v) is 12.1. The highest BCUT2D eigenvalue weighted by Crippen LogP contribution is 2.34. The van der Waals surface area contributed by atoms with Crippen molar-refractivity contribution in [1.82, 2.24) is 10.2 Å². The summed E-state index contributed by atoms with van der Waals surface area (Å²) >= 11 is 0. The van der Waals surface area contributed by atoms with Gasteiger partial charge in [0.15, 0.2) is 0 Å². The van der Waals surface area contributed by atoms with Crippen LogP contribution in [0.25, 0.3) is 0 Å². The van der Waals surface area contributed by atoms with Crippen LogP contribution in [0.4, 0.5) is 0 Å². The van der Waals surface area contributed by atoms with Gasteiger partial charge in [-0.2, -0.15) is 0 Å². The van der Waals surface area contributed by atoms with Gasteiger partial charge >= 0.3 is 0 Å². The first-order valence-corrected chi connectivity index (χ1v) is 7.83. The van der Waals surface area contributed by atoms with Crippen molar-refractivity contribution in [2.24, 2.45) is 5.92 Å². The Kier molecular flexibility index (Phi) is 3.81. The van der Waals surface area contributed by atoms with Crippen LogP contribution in [-0.2, 0) is 9.53 Å². The van der Waals surface area contributed by atoms with E-state index in [1.165, 1.54) is 25.7 Å². The van der Waals surface area contributed by atoms with E-state index < -0.39 is 0 Å². The van der Waals surface area contributed by atoms with Crippen LogP contribution in [0, 0.1) is 5.92 Å². The third kappa shape index (κ3) is 2.65. The standard InChI is InChI=1S/C15H26N2O2/c1-10-9-19-11(2)8-17(10)15(18)14-7-12-5-3-4-6-13(12)16-14/h10-14,16H,3-9H2,1-2H3. The SMILES string of the molecule is CC1CN(C(=O)C2CC3CCCCC3N2)C(C)CO1. The van der Waals surface area contributed by atoms with Crippen LogP contribution in [-0.4, -0.2) is 48.2 Å². The first-order valence-electron chi connectivity index (χ1n) is 7.83. The summed E-state index contributed by atoms with van der Waals surface area (Å²) in [4.78, 5) is 14.7. The number of morpholine rings is 1. The van der Waals surface area contributed by atoms with Crippen LogP contribution < -0.4 is 5.32 Å². The molecule has 3 aliphatic rings. The van der Waals surface area contributed by atoms with E-state index in [0.29, 0.717) is 18.6 Å². The molecular formula is C15H26N2O2. The molecule has 2 aliphatic heterocycles. The minimum absolute atomic E-state index is 0.0563. The molecule has 0 radical (unpaired) electrons. The van der Waals surface area contributed by atoms with Gasteiger partial charge in [-0.1, -0.05) is 12.8 Å². The molecule has 19 heavy (non-hydrogen) atoms. The van der Waals surface area contributed by atoms with Gasteiger partial charge in [-0.05, 0) is 39.0 Å². The molecule has 0 spiro atoms. The molecule has 0 bridgehead atoms. The predicted molar refractivity (Wildman–Crippen MR) is 73.9 cm³/mol. The van der Waals surface area contributed by atoms with E-state index in [4.69, 9.17) is 4.74 Å². The minimum Gasteiger partial charge on any atom is -0.375 e. The molecule has 3 fully saturated rings. The van der Waals surface area contributed by atoms with E-state index in [9.17, 15) is 4.79 Å². The summed E-state index contributed by atoms with van der Waals surface area (Å²) in [5.41, 5.74) is 0. The Morgan fingerprint density at radius 2 is 2.05 bits per heavy atom. The first kappa shape index (κ1) is 13.4. The van der Waals surface area contributed by atoms with Gasteiger partial charge in [-0.3, -0.25) is 4.79 Å². The second kappa shape index (κ2) is 5.41. The van der Waals surface area contributed by atoms with Gasteiger partial charge in [0.25, 0.3) is 0 Å². The molecule has 0 aromatic heterocycles. The Morgan fingerprint density at radius 3 is 2.84 bits per heavy atom. The largest absolute Gasteiger partial charge is 0.375 e. The number of amides is 1. The Morgan fingerprint density at radius 1 is 1.26 bits per heavy atom. The highest BCUT2D eigenvalue weighted by Gasteiger charge is 2.41. The van der Waals surface area contributed by atoms with Gasteiger partial charge in [0, 0.05) is 12.6 Å². The fourth-order valence-corrected chi connectivity index (χ4v) is 3.92. The average Bonchev–Trinajstić information content (AvgIpc) is 2.84. The van der Waals surface area contributed by atoms with E-state index in [0.717, 1.165) is 18.9 Å². The number of hydrogen-bond acceptors (Lipinski definition) is 3. The van der Waals surface area contributed by atoms with E-state index in [-0.39, 0.29) is 18.2 Å². The molecule has 5 unspecified atom stereocenters. The summed E-state index contributed by atoms with van der Waals surface area (Å²) in [6, 6.07) is 0.866. The zero-order valence-electron chi connectivity index (χ0n) is 12.1. The van der Waals surface area contributed by atoms with Crippen molar-refractivity contribution < 1.29 is 9.53 Å². The molecule has 0 aromatic rings. The number of nitrogens with one attached hydrogen (secondary N) is 1. The lowest BCUT2D eigenvalue weighted by Gasteiger charge is -2.38. The number of rotatable bonds is 1. The number of fused-ring (bicyclic) bond motifs is 1. The van der Waals surface area contributed by atoms with Crippen LogP contribution in [0.1, 0.15) is 46.0 Å². The van der Waals surface area contributed by atoms with Crippen LogP contribution in [0.3, 0.4) is 0 Å². The highest BCUT2D eigenvalue weighted by atomic mass is 16.5. The number of hydrogen-bond donors (Lipinski definition) is 1. The molecule has 4 heteroatoms. The van der Waals surface area contributed by atoms with Crippen LogP contribution in [0.15, 0.2) is 0 Å². The maximum absolute atomic E-state index is 12.7. The molecule has 3 rings (SSSR count). The maximum Gasteiger partial charge on any atom is 0.240 e. The topological polar surface area (TPSA) is 41.6 Å². The van der Waals surface area contributed by atoms with Crippen molar-refractivity contribution in [2.75, 3.05) is 13.2 Å². The number of ether oxygens (including phenoxy) is 1. The lowest BCUT2D eigenvalue weighted by atomic mass is 9.85. The summed E-state index contributed by atoms with van der Waals surface area (Å²) in [5.74, 6) is 1.04. The summed E-state index contributed by atoms with van der Waals surface area (Å²) in [7, 11) is 0. The molecule has 2 saturated heterocycles. The fraction of sp³-hybridized carbons (Fsp3) is 0.933. The molecule has 1 N–H and O–H groups in total. The quantitative estimate of drug-likeness (QED) is 0.783. The molecular weight excluding hydrogens is 240 g/mol. The molecule has 5 atom stereocenters. The molecule has 108 valence electrons. The number of nitrogens with zero attached hydrogens (tertiary/aromatic N) is 1. The lowest BCUT2D eigenvalue weighted by molar-refractivity contribution is -0.145. The third-order valence-electron chi connectivity index (χ3n) is 5.05. The summed E-state index contributed by atoms with van der Waals surface area (Å²) in [6.45, 7) is 5.56. The molecule has 1 saturated carbocycles. The smallest absolute Gasteiger partial charge is 0.240 e. The van der Waals surface area contributed by atoms with Crippen LogP contribution in [0.5, 0.6) is 0 Å². The minimum atomic E-state index is 0.0563. The molecule has 2 heterocycles. The molecule has 1 aliphatic carbocycles. The van der Waals surface area contributed by atoms with Crippen molar-refractivity contribution in [3.63, 3.8) is 0 Å². The predicted octanol–water partition coefficient (Wildman–Crippen LogP) is 1.54. The highest BCUT2D eigenvalue weighted by molar-refractivity contribution is 5.82. The molecule has 4 nitrogen and oxygen atoms in total. The van der Waals surface area contributed by atoms with Gasteiger partial charge < -0.3 is 15.0 Å². The van der Waals surface area contributed by atoms with Gasteiger partial charge in [0.2, 0.25) is 5.91 Å². The maximum atomic E-state index is 12.7. The van der Waals surface area contributed by atoms with Gasteiger partial charge in [-0.25, -0.2) is 0 Å². The monoisotopic (exact) mass is 266 g/mol. The number of carbonyl (C=O) groups excluding carboxylic acids is 1. The van der Waals surface area contributed by atoms with Gasteiger partial charge in [0.1, 0.15) is 0 Å². The Hall–Kier alpha value is -0.610. The Labute approximate surface area is 115 Å². The average molecular weight is 266 g/mol. The van der Waals surface area contributed by atoms with Crippen molar-refractivity contribution in [3.05, 3.63) is 0 Å². The second-order valence-corrected chi connectivity index (χ2v) is 6.59. The molecule has 0 aromatic carbocycles. The third-order valence-corrected chi connectivity index (χ3v) is 5.05. The Balaban J connectivity index is 1.63. The van der Waals surface area contributed by atoms with Crippen molar-refractivity contribution in [2.45, 2.75) is 70.2 Å². The van der Waals surface area contributed by atoms with Crippen LogP contribution in [0.2, 0.25) is 0 Å². The van der Waals surface area contributed by atoms with Crippen LogP contribution >= 0.6 is 0 Å². The van der Waals surface area contributed by atoms with Crippen molar-refractivity contribution >= 4 is 5.91 Å². The van der Waals surface area contributed by atoms with Gasteiger partial charge in [0.05, 0.1) is 24.8 Å². The molecule has 1 amide bonds. The summed E-state index contributed by atoms with van der Waals surface area (Å²) < 4.78 is 5.61. The summed E-state index contributed by atoms with van der Waals surface area (Å²) in [6.07, 6.45) is 6.43. The van der Waals surface area contributed by atoms with E-state index in [2.05, 4.69) is 12.2 Å². The lowest BCUT2D eigenvalue weighted by Crippen LogP contribution is -2.55. The number of carbonyl (C=O) groups is 1. The normalized spacial score (nSPS) is 43.1. The summed E-state index contributed by atoms with van der Waals surface area (Å²) in [5, 5.41) is 3.59. The first-order chi connectivity index (χ1) is 9.15. The fourth-order valence-electron chi connectivity index (χ4n) is 3.92. The van der Waals surface area contributed by atoms with E-state index in [1.54, 1.807) is 0 Å². The van der Waals surface area contributed by atoms with Gasteiger partial charge in [-0.15, -0.1) is 0 Å². The van der Waals surface area contributed by atoms with E-state index >= 15 is 0 Å². The van der Waals surface area contributed by atoms with Crippen molar-refractivity contribution in [3.8, 4) is 0 Å². The second-order valence-electron chi connectivity index (χ2n) is 6.59. The van der Waals surface area contributed by atoms with Crippen molar-refractivity contribution in [1.29, 1.82) is 0 Å².